The van der Waals surface area contributed by atoms with E-state index >= 15 is 0 Å². The van der Waals surface area contributed by atoms with Gasteiger partial charge < -0.3 is 15.5 Å². The van der Waals surface area contributed by atoms with E-state index in [0.29, 0.717) is 0 Å². The van der Waals surface area contributed by atoms with Gasteiger partial charge in [0.2, 0.25) is 11.8 Å². The average molecular weight is 353 g/mol. The van der Waals surface area contributed by atoms with Gasteiger partial charge in [0.15, 0.2) is 0 Å². The van der Waals surface area contributed by atoms with Gasteiger partial charge in [0.25, 0.3) is 0 Å². The minimum absolute atomic E-state index is 0.0177. The number of benzene rings is 2. The van der Waals surface area contributed by atoms with Crippen molar-refractivity contribution >= 4 is 23.2 Å². The highest BCUT2D eigenvalue weighted by Crippen LogP contribution is 2.11. The Labute approximate surface area is 155 Å². The van der Waals surface area contributed by atoms with Gasteiger partial charge in [-0.1, -0.05) is 43.2 Å². The molecule has 0 unspecified atom stereocenters. The van der Waals surface area contributed by atoms with Crippen LogP contribution in [-0.4, -0.2) is 36.9 Å². The maximum atomic E-state index is 12.2. The summed E-state index contributed by atoms with van der Waals surface area (Å²) in [5.41, 5.74) is 4.04. The fraction of sp³-hybridized carbons (Fsp3) is 0.333. The van der Waals surface area contributed by atoms with Gasteiger partial charge in [-0.25, -0.2) is 0 Å². The van der Waals surface area contributed by atoms with Crippen LogP contribution in [0.5, 0.6) is 0 Å². The standard InChI is InChI=1S/C21H27N3O2/c1-4-5-17-8-12-18(13-9-17)22-14-21(26)24(3)15-20(25)23-19-10-6-16(2)7-11-19/h6-13,22H,4-5,14-15H2,1-3H3,(H,23,25). The fourth-order valence-electron chi connectivity index (χ4n) is 2.53. The molecule has 0 aliphatic carbocycles. The Morgan fingerprint density at radius 3 is 2.19 bits per heavy atom. The third kappa shape index (κ3) is 6.24. The summed E-state index contributed by atoms with van der Waals surface area (Å²) in [4.78, 5) is 25.7. The van der Waals surface area contributed by atoms with E-state index in [-0.39, 0.29) is 24.9 Å². The number of carbonyl (C=O) groups is 2. The lowest BCUT2D eigenvalue weighted by Gasteiger charge is -2.17. The van der Waals surface area contributed by atoms with E-state index in [0.717, 1.165) is 29.8 Å². The van der Waals surface area contributed by atoms with Crippen LogP contribution in [0.4, 0.5) is 11.4 Å². The molecule has 5 heteroatoms. The van der Waals surface area contributed by atoms with Crippen molar-refractivity contribution in [1.29, 1.82) is 0 Å². The predicted octanol–water partition coefficient (Wildman–Crippen LogP) is 3.46. The summed E-state index contributed by atoms with van der Waals surface area (Å²) in [5.74, 6) is -0.352. The lowest BCUT2D eigenvalue weighted by atomic mass is 10.1. The Kier molecular flexibility index (Phi) is 7.21. The number of likely N-dealkylation sites (N-methyl/N-ethyl adjacent to an activating group) is 1. The van der Waals surface area contributed by atoms with E-state index in [1.165, 1.54) is 10.5 Å². The van der Waals surface area contributed by atoms with Crippen LogP contribution in [0.25, 0.3) is 0 Å². The second-order valence-corrected chi connectivity index (χ2v) is 6.46. The van der Waals surface area contributed by atoms with E-state index in [4.69, 9.17) is 0 Å². The number of aryl methyl sites for hydroxylation is 2. The van der Waals surface area contributed by atoms with Gasteiger partial charge in [0.1, 0.15) is 0 Å². The first-order chi connectivity index (χ1) is 12.5. The molecule has 2 aromatic carbocycles. The Morgan fingerprint density at radius 1 is 0.962 bits per heavy atom. The Bertz CT molecular complexity index is 724. The van der Waals surface area contributed by atoms with Crippen LogP contribution in [0.1, 0.15) is 24.5 Å². The fourth-order valence-corrected chi connectivity index (χ4v) is 2.53. The summed E-state index contributed by atoms with van der Waals surface area (Å²) in [5, 5.41) is 5.89. The highest BCUT2D eigenvalue weighted by atomic mass is 16.2. The van der Waals surface area contributed by atoms with Crippen LogP contribution in [0.2, 0.25) is 0 Å². The number of rotatable bonds is 8. The highest BCUT2D eigenvalue weighted by Gasteiger charge is 2.13. The van der Waals surface area contributed by atoms with Crippen LogP contribution in [0.3, 0.4) is 0 Å². The molecule has 138 valence electrons. The summed E-state index contributed by atoms with van der Waals surface area (Å²) in [6.07, 6.45) is 2.17. The second-order valence-electron chi connectivity index (χ2n) is 6.46. The van der Waals surface area contributed by atoms with E-state index < -0.39 is 0 Å². The molecule has 0 aromatic heterocycles. The molecule has 0 spiro atoms. The van der Waals surface area contributed by atoms with E-state index in [9.17, 15) is 9.59 Å². The molecule has 0 aliphatic heterocycles. The van der Waals surface area contributed by atoms with Crippen molar-refractivity contribution in [2.45, 2.75) is 26.7 Å². The zero-order chi connectivity index (χ0) is 18.9. The number of hydrogen-bond acceptors (Lipinski definition) is 3. The topological polar surface area (TPSA) is 61.4 Å². The van der Waals surface area contributed by atoms with Crippen molar-refractivity contribution in [2.24, 2.45) is 0 Å². The van der Waals surface area contributed by atoms with Gasteiger partial charge in [-0.2, -0.15) is 0 Å². The molecule has 2 aromatic rings. The molecule has 5 nitrogen and oxygen atoms in total. The molecule has 0 radical (unpaired) electrons. The molecule has 0 atom stereocenters. The van der Waals surface area contributed by atoms with E-state index in [1.807, 2.05) is 43.3 Å². The van der Waals surface area contributed by atoms with Gasteiger partial charge >= 0.3 is 0 Å². The Hall–Kier alpha value is -2.82. The third-order valence-electron chi connectivity index (χ3n) is 4.08. The number of hydrogen-bond donors (Lipinski definition) is 2. The molecule has 0 fully saturated rings. The summed E-state index contributed by atoms with van der Waals surface area (Å²) in [7, 11) is 1.63. The van der Waals surface area contributed by atoms with Crippen LogP contribution in [-0.2, 0) is 16.0 Å². The monoisotopic (exact) mass is 353 g/mol. The van der Waals surface area contributed by atoms with E-state index in [2.05, 4.69) is 29.7 Å². The minimum atomic E-state index is -0.214. The first-order valence-electron chi connectivity index (χ1n) is 8.91. The second kappa shape index (κ2) is 9.61. The number of carbonyl (C=O) groups excluding carboxylic acids is 2. The smallest absolute Gasteiger partial charge is 0.243 e. The maximum absolute atomic E-state index is 12.2. The zero-order valence-corrected chi connectivity index (χ0v) is 15.7. The molecule has 2 N–H and O–H groups in total. The largest absolute Gasteiger partial charge is 0.376 e. The lowest BCUT2D eigenvalue weighted by Crippen LogP contribution is -2.38. The number of amides is 2. The van der Waals surface area contributed by atoms with Gasteiger partial charge in [-0.05, 0) is 43.2 Å². The van der Waals surface area contributed by atoms with Crippen LogP contribution >= 0.6 is 0 Å². The maximum Gasteiger partial charge on any atom is 0.243 e. The molecule has 0 aliphatic rings. The van der Waals surface area contributed by atoms with Crippen molar-refractivity contribution in [3.05, 3.63) is 59.7 Å². The summed E-state index contributed by atoms with van der Waals surface area (Å²) >= 11 is 0. The molecule has 0 heterocycles. The van der Waals surface area contributed by atoms with Crippen LogP contribution < -0.4 is 10.6 Å². The van der Waals surface area contributed by atoms with Crippen LogP contribution in [0, 0.1) is 6.92 Å². The summed E-state index contributed by atoms with van der Waals surface area (Å²) < 4.78 is 0. The molecule has 0 bridgehead atoms. The lowest BCUT2D eigenvalue weighted by molar-refractivity contribution is -0.131. The van der Waals surface area contributed by atoms with Crippen LogP contribution in [0.15, 0.2) is 48.5 Å². The molecule has 2 rings (SSSR count). The van der Waals surface area contributed by atoms with Crippen molar-refractivity contribution < 1.29 is 9.59 Å². The van der Waals surface area contributed by atoms with Gasteiger partial charge in [-0.15, -0.1) is 0 Å². The summed E-state index contributed by atoms with van der Waals surface area (Å²) in [6, 6.07) is 15.6. The molecule has 2 amide bonds. The highest BCUT2D eigenvalue weighted by molar-refractivity contribution is 5.95. The normalized spacial score (nSPS) is 10.3. The zero-order valence-electron chi connectivity index (χ0n) is 15.7. The molecule has 26 heavy (non-hydrogen) atoms. The SMILES string of the molecule is CCCc1ccc(NCC(=O)N(C)CC(=O)Nc2ccc(C)cc2)cc1. The number of nitrogens with zero attached hydrogens (tertiary/aromatic N) is 1. The number of anilines is 2. The average Bonchev–Trinajstić information content (AvgIpc) is 2.63. The summed E-state index contributed by atoms with van der Waals surface area (Å²) in [6.45, 7) is 4.31. The number of nitrogens with one attached hydrogen (secondary N) is 2. The van der Waals surface area contributed by atoms with Gasteiger partial charge in [-0.3, -0.25) is 9.59 Å². The van der Waals surface area contributed by atoms with Gasteiger partial charge in [0.05, 0.1) is 13.1 Å². The predicted molar refractivity (Wildman–Crippen MR) is 106 cm³/mol. The molecular weight excluding hydrogens is 326 g/mol. The Morgan fingerprint density at radius 2 is 1.58 bits per heavy atom. The molecule has 0 saturated heterocycles. The minimum Gasteiger partial charge on any atom is -0.376 e. The molecular formula is C21H27N3O2. The Balaban J connectivity index is 1.77. The quantitative estimate of drug-likeness (QED) is 0.764. The van der Waals surface area contributed by atoms with Crippen molar-refractivity contribution in [1.82, 2.24) is 4.90 Å². The third-order valence-corrected chi connectivity index (χ3v) is 4.08. The van der Waals surface area contributed by atoms with Crippen molar-refractivity contribution in [2.75, 3.05) is 30.8 Å². The van der Waals surface area contributed by atoms with Gasteiger partial charge in [0, 0.05) is 18.4 Å². The van der Waals surface area contributed by atoms with E-state index in [1.54, 1.807) is 7.05 Å². The van der Waals surface area contributed by atoms with Crippen molar-refractivity contribution in [3.63, 3.8) is 0 Å². The first kappa shape index (κ1) is 19.5. The van der Waals surface area contributed by atoms with Crippen molar-refractivity contribution in [3.8, 4) is 0 Å². The molecule has 0 saturated carbocycles. The first-order valence-corrected chi connectivity index (χ1v) is 8.91.